The maximum absolute atomic E-state index is 12.7. The third-order valence-corrected chi connectivity index (χ3v) is 12.5. The lowest BCUT2D eigenvalue weighted by atomic mass is 10.0. The number of esters is 1. The van der Waals surface area contributed by atoms with Gasteiger partial charge in [0.1, 0.15) is 19.3 Å². The molecule has 0 aromatic carbocycles. The minimum absolute atomic E-state index is 0.0267. The molecule has 0 aliphatic heterocycles. The first-order valence-electron chi connectivity index (χ1n) is 26.1. The van der Waals surface area contributed by atoms with Gasteiger partial charge in [-0.2, -0.15) is 0 Å². The molecule has 0 radical (unpaired) electrons. The Morgan fingerprint density at radius 2 is 0.902 bits per heavy atom. The van der Waals surface area contributed by atoms with Gasteiger partial charge in [-0.15, -0.1) is 0 Å². The number of rotatable bonds is 49. The fourth-order valence-electron chi connectivity index (χ4n) is 7.46. The minimum atomic E-state index is -4.53. The van der Waals surface area contributed by atoms with Gasteiger partial charge >= 0.3 is 5.97 Å². The van der Waals surface area contributed by atoms with Crippen LogP contribution in [0.15, 0.2) is 24.3 Å². The van der Waals surface area contributed by atoms with E-state index in [1.165, 1.54) is 180 Å². The smallest absolute Gasteiger partial charge is 0.306 e. The zero-order valence-electron chi connectivity index (χ0n) is 41.1. The molecular formula is C52H102NO7P. The monoisotopic (exact) mass is 884 g/mol. The van der Waals surface area contributed by atoms with E-state index in [0.29, 0.717) is 24.1 Å². The van der Waals surface area contributed by atoms with Crippen LogP contribution < -0.4 is 4.89 Å². The molecule has 0 saturated heterocycles. The summed E-state index contributed by atoms with van der Waals surface area (Å²) in [4.78, 5) is 25.2. The molecule has 0 amide bonds. The van der Waals surface area contributed by atoms with Gasteiger partial charge in [0.15, 0.2) is 0 Å². The van der Waals surface area contributed by atoms with Gasteiger partial charge in [0.25, 0.3) is 7.82 Å². The SMILES string of the molecule is CCCCCC/C=C\C/C=C\CCCCCCCCCC(=O)OC(COCCCCCCCCCCCCCCCCCCCCCCC)COP(=O)([O-])OCC[N+](C)(C)C. The number of carbonyl (C=O) groups excluding carboxylic acids is 1. The Morgan fingerprint density at radius 1 is 0.508 bits per heavy atom. The van der Waals surface area contributed by atoms with Gasteiger partial charge in [-0.3, -0.25) is 9.36 Å². The average Bonchev–Trinajstić information content (AvgIpc) is 3.22. The standard InChI is InChI=1S/C52H102NO7P/c1-6-8-10-12-14-16-18-20-22-24-26-27-28-30-32-34-36-38-40-42-44-47-57-49-51(50-59-61(55,56)58-48-46-53(3,4)5)60-52(54)45-43-41-39-37-35-33-31-29-25-23-21-19-17-15-13-11-9-7-2/h17,19,23,25,51H,6-16,18,20-22,24,26-50H2,1-5H3/b19-17-,25-23-. The lowest BCUT2D eigenvalue weighted by molar-refractivity contribution is -0.870. The van der Waals surface area contributed by atoms with Crippen LogP contribution >= 0.6 is 7.82 Å². The second-order valence-corrected chi connectivity index (χ2v) is 20.3. The summed E-state index contributed by atoms with van der Waals surface area (Å²) in [6, 6.07) is 0. The van der Waals surface area contributed by atoms with Crippen LogP contribution in [-0.4, -0.2) is 70.7 Å². The molecule has 0 aromatic heterocycles. The summed E-state index contributed by atoms with van der Waals surface area (Å²) in [6.45, 7) is 5.44. The maximum Gasteiger partial charge on any atom is 0.306 e. The molecular weight excluding hydrogens is 782 g/mol. The molecule has 0 fully saturated rings. The van der Waals surface area contributed by atoms with Crippen molar-refractivity contribution in [1.29, 1.82) is 0 Å². The van der Waals surface area contributed by atoms with Gasteiger partial charge in [-0.1, -0.05) is 218 Å². The molecule has 0 aliphatic rings. The van der Waals surface area contributed by atoms with Crippen LogP contribution in [0.25, 0.3) is 0 Å². The quantitative estimate of drug-likeness (QED) is 0.0197. The molecule has 0 aliphatic carbocycles. The molecule has 0 bridgehead atoms. The molecule has 0 N–H and O–H groups in total. The van der Waals surface area contributed by atoms with Crippen LogP contribution in [0, 0.1) is 0 Å². The van der Waals surface area contributed by atoms with Crippen molar-refractivity contribution in [3.05, 3.63) is 24.3 Å². The summed E-state index contributed by atoms with van der Waals surface area (Å²) in [6.07, 6.45) is 53.4. The van der Waals surface area contributed by atoms with Gasteiger partial charge in [0.05, 0.1) is 34.4 Å². The van der Waals surface area contributed by atoms with Gasteiger partial charge in [0, 0.05) is 13.0 Å². The predicted molar refractivity (Wildman–Crippen MR) is 259 cm³/mol. The van der Waals surface area contributed by atoms with Gasteiger partial charge in [-0.25, -0.2) is 0 Å². The van der Waals surface area contributed by atoms with E-state index in [2.05, 4.69) is 38.2 Å². The summed E-state index contributed by atoms with van der Waals surface area (Å²) in [5, 5.41) is 0. The van der Waals surface area contributed by atoms with Crippen molar-refractivity contribution in [1.82, 2.24) is 0 Å². The molecule has 9 heteroatoms. The molecule has 362 valence electrons. The predicted octanol–water partition coefficient (Wildman–Crippen LogP) is 15.3. The number of unbranched alkanes of at least 4 members (excludes halogenated alkanes) is 31. The van der Waals surface area contributed by atoms with Crippen LogP contribution in [0.4, 0.5) is 0 Å². The highest BCUT2D eigenvalue weighted by atomic mass is 31.2. The average molecular weight is 884 g/mol. The van der Waals surface area contributed by atoms with Crippen molar-refractivity contribution in [2.75, 3.05) is 54.1 Å². The highest BCUT2D eigenvalue weighted by Crippen LogP contribution is 2.38. The Hall–Kier alpha value is -1.02. The largest absolute Gasteiger partial charge is 0.756 e. The van der Waals surface area contributed by atoms with E-state index in [4.69, 9.17) is 18.5 Å². The van der Waals surface area contributed by atoms with Crippen molar-refractivity contribution >= 4 is 13.8 Å². The van der Waals surface area contributed by atoms with E-state index >= 15 is 0 Å². The third kappa shape index (κ3) is 49.8. The number of hydrogen-bond acceptors (Lipinski definition) is 7. The highest BCUT2D eigenvalue weighted by Gasteiger charge is 2.20. The Balaban J connectivity index is 4.11. The number of phosphoric ester groups is 1. The molecule has 0 aromatic rings. The Kier molecular flexibility index (Phi) is 44.8. The van der Waals surface area contributed by atoms with E-state index in [-0.39, 0.29) is 25.8 Å². The Morgan fingerprint density at radius 3 is 1.34 bits per heavy atom. The molecule has 0 rings (SSSR count). The molecule has 0 spiro atoms. The van der Waals surface area contributed by atoms with Crippen molar-refractivity contribution in [2.24, 2.45) is 0 Å². The van der Waals surface area contributed by atoms with Crippen LogP contribution in [0.5, 0.6) is 0 Å². The van der Waals surface area contributed by atoms with E-state index in [0.717, 1.165) is 44.9 Å². The van der Waals surface area contributed by atoms with E-state index in [1.54, 1.807) is 0 Å². The van der Waals surface area contributed by atoms with Crippen LogP contribution in [-0.2, 0) is 27.9 Å². The molecule has 0 saturated carbocycles. The topological polar surface area (TPSA) is 94.1 Å². The third-order valence-electron chi connectivity index (χ3n) is 11.5. The van der Waals surface area contributed by atoms with E-state index in [1.807, 2.05) is 21.1 Å². The Bertz CT molecular complexity index is 1030. The number of ether oxygens (including phenoxy) is 2. The van der Waals surface area contributed by atoms with Gasteiger partial charge < -0.3 is 27.9 Å². The van der Waals surface area contributed by atoms with Crippen molar-refractivity contribution < 1.29 is 37.3 Å². The summed E-state index contributed by atoms with van der Waals surface area (Å²) < 4.78 is 34.8. The van der Waals surface area contributed by atoms with Crippen LogP contribution in [0.1, 0.15) is 245 Å². The Labute approximate surface area is 379 Å². The van der Waals surface area contributed by atoms with E-state index < -0.39 is 13.9 Å². The van der Waals surface area contributed by atoms with Gasteiger partial charge in [0.2, 0.25) is 0 Å². The molecule has 0 heterocycles. The lowest BCUT2D eigenvalue weighted by Crippen LogP contribution is -2.37. The number of phosphoric acid groups is 1. The number of quaternary nitrogens is 1. The number of nitrogens with zero attached hydrogens (tertiary/aromatic N) is 1. The maximum atomic E-state index is 12.7. The lowest BCUT2D eigenvalue weighted by Gasteiger charge is -2.28. The number of allylic oxidation sites excluding steroid dienone is 4. The number of carbonyl (C=O) groups is 1. The number of likely N-dealkylation sites (N-methyl/N-ethyl adjacent to an activating group) is 1. The second kappa shape index (κ2) is 45.5. The second-order valence-electron chi connectivity index (χ2n) is 18.9. The molecule has 8 nitrogen and oxygen atoms in total. The zero-order valence-corrected chi connectivity index (χ0v) is 42.0. The highest BCUT2D eigenvalue weighted by molar-refractivity contribution is 7.45. The first kappa shape index (κ1) is 60.0. The fraction of sp³-hybridized carbons (Fsp3) is 0.904. The first-order chi connectivity index (χ1) is 29.6. The van der Waals surface area contributed by atoms with Crippen molar-refractivity contribution in [2.45, 2.75) is 251 Å². The summed E-state index contributed by atoms with van der Waals surface area (Å²) in [5.41, 5.74) is 0. The van der Waals surface area contributed by atoms with E-state index in [9.17, 15) is 14.3 Å². The van der Waals surface area contributed by atoms with Crippen molar-refractivity contribution in [3.63, 3.8) is 0 Å². The van der Waals surface area contributed by atoms with Crippen molar-refractivity contribution in [3.8, 4) is 0 Å². The normalized spacial score (nSPS) is 13.7. The summed E-state index contributed by atoms with van der Waals surface area (Å²) in [5.74, 6) is -0.337. The van der Waals surface area contributed by atoms with Crippen LogP contribution in [0.3, 0.4) is 0 Å². The molecule has 61 heavy (non-hydrogen) atoms. The zero-order chi connectivity index (χ0) is 44.8. The van der Waals surface area contributed by atoms with Gasteiger partial charge in [-0.05, 0) is 44.9 Å². The minimum Gasteiger partial charge on any atom is -0.756 e. The van der Waals surface area contributed by atoms with Crippen LogP contribution in [0.2, 0.25) is 0 Å². The number of hydrogen-bond donors (Lipinski definition) is 0. The fourth-order valence-corrected chi connectivity index (χ4v) is 8.19. The summed E-state index contributed by atoms with van der Waals surface area (Å²) in [7, 11) is 1.36. The summed E-state index contributed by atoms with van der Waals surface area (Å²) >= 11 is 0. The molecule has 2 unspecified atom stereocenters. The first-order valence-corrected chi connectivity index (χ1v) is 27.5. The molecule has 2 atom stereocenters.